The molecule has 0 radical (unpaired) electrons. The van der Waals surface area contributed by atoms with Crippen molar-refractivity contribution < 1.29 is 4.79 Å². The van der Waals surface area contributed by atoms with Gasteiger partial charge in [0.2, 0.25) is 5.91 Å². The zero-order valence-electron chi connectivity index (χ0n) is 6.55. The van der Waals surface area contributed by atoms with E-state index in [1.807, 2.05) is 18.2 Å². The summed E-state index contributed by atoms with van der Waals surface area (Å²) in [6.45, 7) is 0. The van der Waals surface area contributed by atoms with Crippen LogP contribution in [0.3, 0.4) is 0 Å². The van der Waals surface area contributed by atoms with E-state index in [1.54, 1.807) is 0 Å². The summed E-state index contributed by atoms with van der Waals surface area (Å²) in [7, 11) is 0. The summed E-state index contributed by atoms with van der Waals surface area (Å²) in [4.78, 5) is 11.1. The monoisotopic (exact) mass is 323 g/mol. The molecule has 1 rings (SSSR count). The first-order chi connectivity index (χ1) is 6.15. The van der Waals surface area contributed by atoms with Crippen LogP contribution in [0.1, 0.15) is 0 Å². The van der Waals surface area contributed by atoms with Crippen LogP contribution in [0.25, 0.3) is 0 Å². The lowest BCUT2D eigenvalue weighted by Crippen LogP contribution is -2.13. The molecule has 1 N–H and O–H groups in total. The van der Waals surface area contributed by atoms with Crippen LogP contribution < -0.4 is 5.32 Å². The molecule has 0 spiro atoms. The molecule has 0 bridgehead atoms. The molecule has 0 aliphatic rings. The minimum atomic E-state index is -0.129. The zero-order valence-corrected chi connectivity index (χ0v) is 10.6. The van der Waals surface area contributed by atoms with Gasteiger partial charge in [0.15, 0.2) is 0 Å². The fourth-order valence-electron chi connectivity index (χ4n) is 0.796. The highest BCUT2D eigenvalue weighted by atomic mass is 79.9. The van der Waals surface area contributed by atoms with Gasteiger partial charge < -0.3 is 5.32 Å². The molecule has 0 saturated carbocycles. The Hall–Kier alpha value is -0.000000000000000111. The maximum absolute atomic E-state index is 11.1. The van der Waals surface area contributed by atoms with Crippen molar-refractivity contribution in [2.45, 2.75) is 0 Å². The van der Waals surface area contributed by atoms with Crippen molar-refractivity contribution in [2.24, 2.45) is 0 Å². The molecule has 0 unspecified atom stereocenters. The molecule has 0 heterocycles. The average Bonchev–Trinajstić information content (AvgIpc) is 2.11. The fourth-order valence-corrected chi connectivity index (χ4v) is 2.07. The van der Waals surface area contributed by atoms with E-state index in [1.165, 1.54) is 0 Å². The van der Waals surface area contributed by atoms with E-state index in [2.05, 4.69) is 49.8 Å². The van der Waals surface area contributed by atoms with Crippen molar-refractivity contribution in [3.05, 3.63) is 27.1 Å². The van der Waals surface area contributed by atoms with Crippen LogP contribution in [0.4, 0.5) is 5.69 Å². The molecule has 1 aromatic carbocycles. The van der Waals surface area contributed by atoms with Crippen molar-refractivity contribution in [1.29, 1.82) is 0 Å². The molecule has 0 atom stereocenters. The van der Waals surface area contributed by atoms with E-state index < -0.39 is 0 Å². The molecule has 5 heteroatoms. The van der Waals surface area contributed by atoms with Gasteiger partial charge in [0.25, 0.3) is 0 Å². The second-order valence-corrected chi connectivity index (χ2v) is 4.33. The van der Waals surface area contributed by atoms with Gasteiger partial charge >= 0.3 is 0 Å². The number of hydrogen-bond donors (Lipinski definition) is 2. The molecule has 0 saturated heterocycles. The van der Waals surface area contributed by atoms with Gasteiger partial charge in [-0.1, -0.05) is 6.07 Å². The quantitative estimate of drug-likeness (QED) is 0.804. The Labute approximate surface area is 98.8 Å². The van der Waals surface area contributed by atoms with Crippen molar-refractivity contribution in [3.8, 4) is 0 Å². The van der Waals surface area contributed by atoms with Crippen molar-refractivity contribution in [2.75, 3.05) is 11.1 Å². The van der Waals surface area contributed by atoms with E-state index in [4.69, 9.17) is 0 Å². The summed E-state index contributed by atoms with van der Waals surface area (Å²) in [5, 5.41) is 2.72. The average molecular weight is 325 g/mol. The molecule has 0 aliphatic heterocycles. The first-order valence-corrected chi connectivity index (χ1v) is 5.71. The highest BCUT2D eigenvalue weighted by Gasteiger charge is 2.06. The first kappa shape index (κ1) is 11.1. The van der Waals surface area contributed by atoms with Gasteiger partial charge in [-0.05, 0) is 44.0 Å². The number of halogens is 2. The highest BCUT2D eigenvalue weighted by Crippen LogP contribution is 2.30. The minimum absolute atomic E-state index is 0.129. The number of thiol groups is 1. The summed E-state index contributed by atoms with van der Waals surface area (Å²) in [6, 6.07) is 5.60. The van der Waals surface area contributed by atoms with Gasteiger partial charge in [-0.25, -0.2) is 0 Å². The molecule has 0 aliphatic carbocycles. The second-order valence-electron chi connectivity index (χ2n) is 2.30. The number of amides is 1. The van der Waals surface area contributed by atoms with Crippen molar-refractivity contribution in [3.63, 3.8) is 0 Å². The highest BCUT2D eigenvalue weighted by molar-refractivity contribution is 9.11. The third kappa shape index (κ3) is 3.00. The number of rotatable bonds is 2. The molecule has 0 aromatic heterocycles. The van der Waals surface area contributed by atoms with Gasteiger partial charge in [0.1, 0.15) is 0 Å². The number of anilines is 1. The summed E-state index contributed by atoms with van der Waals surface area (Å²) in [5.41, 5.74) is 0.738. The number of hydrogen-bond acceptors (Lipinski definition) is 2. The second kappa shape index (κ2) is 5.02. The molecule has 1 amide bonds. The number of para-hydroxylation sites is 1. The Morgan fingerprint density at radius 2 is 1.92 bits per heavy atom. The predicted molar refractivity (Wildman–Crippen MR) is 64.3 cm³/mol. The third-order valence-corrected chi connectivity index (χ3v) is 2.98. The molecule has 1 aromatic rings. The van der Waals surface area contributed by atoms with Crippen LogP contribution in [-0.4, -0.2) is 11.7 Å². The molecule has 13 heavy (non-hydrogen) atoms. The van der Waals surface area contributed by atoms with E-state index in [-0.39, 0.29) is 11.7 Å². The third-order valence-electron chi connectivity index (χ3n) is 1.37. The lowest BCUT2D eigenvalue weighted by Gasteiger charge is -2.07. The lowest BCUT2D eigenvalue weighted by molar-refractivity contribution is -0.113. The molecule has 70 valence electrons. The van der Waals surface area contributed by atoms with Crippen LogP contribution in [0, 0.1) is 0 Å². The Bertz CT molecular complexity index is 310. The van der Waals surface area contributed by atoms with Crippen LogP contribution in [0.5, 0.6) is 0 Å². The summed E-state index contributed by atoms with van der Waals surface area (Å²) in [6.07, 6.45) is 0. The maximum atomic E-state index is 11.1. The van der Waals surface area contributed by atoms with Crippen molar-refractivity contribution in [1.82, 2.24) is 0 Å². The normalized spacial score (nSPS) is 9.77. The van der Waals surface area contributed by atoms with Crippen LogP contribution in [-0.2, 0) is 4.79 Å². The number of carbonyl (C=O) groups excluding carboxylic acids is 1. The topological polar surface area (TPSA) is 29.1 Å². The van der Waals surface area contributed by atoms with Crippen molar-refractivity contribution >= 4 is 56.1 Å². The SMILES string of the molecule is O=C(CS)Nc1c(Br)cccc1Br. The minimum Gasteiger partial charge on any atom is -0.323 e. The molecule has 2 nitrogen and oxygen atoms in total. The molecule has 0 fully saturated rings. The van der Waals surface area contributed by atoms with Gasteiger partial charge in [-0.15, -0.1) is 0 Å². The van der Waals surface area contributed by atoms with Gasteiger partial charge in [0.05, 0.1) is 11.4 Å². The van der Waals surface area contributed by atoms with Gasteiger partial charge in [-0.3, -0.25) is 4.79 Å². The lowest BCUT2D eigenvalue weighted by atomic mass is 10.3. The Morgan fingerprint density at radius 1 is 1.38 bits per heavy atom. The molecular formula is C8H7Br2NOS. The Balaban J connectivity index is 2.93. The van der Waals surface area contributed by atoms with Crippen LogP contribution >= 0.6 is 44.5 Å². The van der Waals surface area contributed by atoms with Crippen LogP contribution in [0.2, 0.25) is 0 Å². The smallest absolute Gasteiger partial charge is 0.234 e. The zero-order chi connectivity index (χ0) is 9.84. The van der Waals surface area contributed by atoms with E-state index >= 15 is 0 Å². The number of benzene rings is 1. The standard InChI is InChI=1S/C8H7Br2NOS/c9-5-2-1-3-6(10)8(5)11-7(12)4-13/h1-3,13H,4H2,(H,11,12). The van der Waals surface area contributed by atoms with E-state index in [9.17, 15) is 4.79 Å². The van der Waals surface area contributed by atoms with Gasteiger partial charge in [0, 0.05) is 8.95 Å². The molecular weight excluding hydrogens is 318 g/mol. The summed E-state index contributed by atoms with van der Waals surface area (Å²) >= 11 is 10.5. The summed E-state index contributed by atoms with van der Waals surface area (Å²) in [5.74, 6) is 0.0456. The van der Waals surface area contributed by atoms with Gasteiger partial charge in [-0.2, -0.15) is 12.6 Å². The van der Waals surface area contributed by atoms with Crippen LogP contribution in [0.15, 0.2) is 27.1 Å². The maximum Gasteiger partial charge on any atom is 0.234 e. The largest absolute Gasteiger partial charge is 0.323 e. The van der Waals surface area contributed by atoms with E-state index in [0.29, 0.717) is 0 Å². The van der Waals surface area contributed by atoms with E-state index in [0.717, 1.165) is 14.6 Å². The number of nitrogens with one attached hydrogen (secondary N) is 1. The predicted octanol–water partition coefficient (Wildman–Crippen LogP) is 3.08. The Kier molecular flexibility index (Phi) is 4.28. The fraction of sp³-hybridized carbons (Fsp3) is 0.125. The first-order valence-electron chi connectivity index (χ1n) is 3.50. The number of carbonyl (C=O) groups is 1. The summed E-state index contributed by atoms with van der Waals surface area (Å²) < 4.78 is 1.69. The Morgan fingerprint density at radius 3 is 2.38 bits per heavy atom.